The minimum absolute atomic E-state index is 0.0348. The van der Waals surface area contributed by atoms with E-state index in [1.54, 1.807) is 9.80 Å². The van der Waals surface area contributed by atoms with Gasteiger partial charge in [0, 0.05) is 44.7 Å². The van der Waals surface area contributed by atoms with Crippen LogP contribution in [0.25, 0.3) is 0 Å². The number of ether oxygens (including phenoxy) is 2. The number of likely N-dealkylation sites (tertiary alicyclic amines) is 1. The summed E-state index contributed by atoms with van der Waals surface area (Å²) >= 11 is 0. The quantitative estimate of drug-likeness (QED) is 0.350. The van der Waals surface area contributed by atoms with Crippen LogP contribution >= 0.6 is 0 Å². The zero-order valence-electron chi connectivity index (χ0n) is 16.8. The molecule has 0 spiro atoms. The number of nitrogens with one attached hydrogen (secondary N) is 1. The van der Waals surface area contributed by atoms with Crippen LogP contribution < -0.4 is 5.32 Å². The van der Waals surface area contributed by atoms with Gasteiger partial charge in [-0.05, 0) is 20.8 Å². The first-order chi connectivity index (χ1) is 13.6. The zero-order valence-corrected chi connectivity index (χ0v) is 16.8. The molecule has 0 radical (unpaired) electrons. The van der Waals surface area contributed by atoms with E-state index >= 15 is 0 Å². The van der Waals surface area contributed by atoms with Crippen molar-refractivity contribution in [2.45, 2.75) is 44.6 Å². The summed E-state index contributed by atoms with van der Waals surface area (Å²) in [5, 5.41) is 12.5. The number of nitrogens with zero attached hydrogens (tertiary/aromatic N) is 4. The van der Waals surface area contributed by atoms with Crippen LogP contribution in [0.3, 0.4) is 0 Å². The van der Waals surface area contributed by atoms with Crippen molar-refractivity contribution in [3.8, 4) is 6.07 Å². The number of hydrogen-bond acceptors (Lipinski definition) is 8. The maximum atomic E-state index is 12.6. The Morgan fingerprint density at radius 2 is 1.97 bits per heavy atom. The molecule has 0 aliphatic carbocycles. The second kappa shape index (κ2) is 7.51. The van der Waals surface area contributed by atoms with Gasteiger partial charge in [-0.1, -0.05) is 0 Å². The molecular weight excluding hydrogens is 382 g/mol. The molecule has 11 heteroatoms. The largest absolute Gasteiger partial charge is 0.446 e. The molecule has 0 bridgehead atoms. The van der Waals surface area contributed by atoms with Gasteiger partial charge in [0.2, 0.25) is 5.91 Å². The van der Waals surface area contributed by atoms with E-state index in [4.69, 9.17) is 9.47 Å². The lowest BCUT2D eigenvalue weighted by Gasteiger charge is -2.37. The minimum Gasteiger partial charge on any atom is -0.446 e. The minimum atomic E-state index is -1.91. The molecule has 2 atom stereocenters. The average Bonchev–Trinajstić information content (AvgIpc) is 3.20. The maximum Gasteiger partial charge on any atom is 0.420 e. The molecule has 1 N–H and O–H groups in total. The number of hydrogen-bond donors (Lipinski definition) is 1. The van der Waals surface area contributed by atoms with Gasteiger partial charge >= 0.3 is 23.7 Å². The van der Waals surface area contributed by atoms with Crippen LogP contribution in [0.2, 0.25) is 0 Å². The van der Waals surface area contributed by atoms with Gasteiger partial charge < -0.3 is 24.6 Å². The monoisotopic (exact) mass is 407 g/mol. The van der Waals surface area contributed by atoms with Crippen LogP contribution in [0.15, 0.2) is 0 Å². The molecule has 0 aromatic carbocycles. The van der Waals surface area contributed by atoms with Crippen LogP contribution in [0.5, 0.6) is 0 Å². The highest BCUT2D eigenvalue weighted by molar-refractivity contribution is 6.30. The fourth-order valence-electron chi connectivity index (χ4n) is 3.78. The number of urea groups is 1. The van der Waals surface area contributed by atoms with Crippen LogP contribution in [0.4, 0.5) is 4.79 Å². The van der Waals surface area contributed by atoms with Gasteiger partial charge in [-0.2, -0.15) is 5.26 Å². The van der Waals surface area contributed by atoms with Crippen molar-refractivity contribution < 1.29 is 28.7 Å². The third kappa shape index (κ3) is 3.72. The third-order valence-corrected chi connectivity index (χ3v) is 5.32. The number of carbonyl (C=O) groups is 4. The summed E-state index contributed by atoms with van der Waals surface area (Å²) in [6.07, 6.45) is -0.782. The highest BCUT2D eigenvalue weighted by atomic mass is 16.7. The number of rotatable bonds is 5. The first-order valence-electron chi connectivity index (χ1n) is 9.53. The first-order valence-corrected chi connectivity index (χ1v) is 9.53. The number of carbonyl (C=O) groups excluding carboxylic acids is 4. The summed E-state index contributed by atoms with van der Waals surface area (Å²) in [6, 6.07) is 1.79. The molecule has 3 aliphatic heterocycles. The molecular formula is C18H25N5O6. The molecule has 3 aliphatic rings. The van der Waals surface area contributed by atoms with Crippen molar-refractivity contribution in [3.63, 3.8) is 0 Å². The van der Waals surface area contributed by atoms with Gasteiger partial charge in [-0.3, -0.25) is 9.69 Å². The Hall–Kier alpha value is -2.87. The van der Waals surface area contributed by atoms with Crippen LogP contribution in [-0.2, 0) is 23.9 Å². The van der Waals surface area contributed by atoms with E-state index in [-0.39, 0.29) is 31.1 Å². The van der Waals surface area contributed by atoms with E-state index in [2.05, 4.69) is 5.32 Å². The predicted octanol–water partition coefficient (Wildman–Crippen LogP) is -0.967. The topological polar surface area (TPSA) is 132 Å². The van der Waals surface area contributed by atoms with E-state index in [0.717, 1.165) is 4.90 Å². The molecule has 3 heterocycles. The molecule has 11 nitrogen and oxygen atoms in total. The lowest BCUT2D eigenvalue weighted by Crippen LogP contribution is -2.61. The molecule has 158 valence electrons. The molecule has 1 unspecified atom stereocenters. The number of nitriles is 1. The Kier molecular flexibility index (Phi) is 5.40. The Labute approximate surface area is 168 Å². The highest BCUT2D eigenvalue weighted by Gasteiger charge is 2.61. The second-order valence-corrected chi connectivity index (χ2v) is 8.19. The Balaban J connectivity index is 1.50. The normalized spacial score (nSPS) is 26.9. The fourth-order valence-corrected chi connectivity index (χ4v) is 3.78. The molecule has 0 aromatic rings. The Morgan fingerprint density at radius 1 is 1.24 bits per heavy atom. The van der Waals surface area contributed by atoms with Crippen molar-refractivity contribution in [2.75, 3.05) is 39.3 Å². The molecule has 3 rings (SSSR count). The van der Waals surface area contributed by atoms with Crippen LogP contribution in [-0.4, -0.2) is 95.2 Å². The number of amides is 3. The SMILES string of the molecule is CC(C)(C)N1CCN(CCNCC(=O)N2CCC3OC(=O)C(=O)O[C@@]32C#N)C1=O. The third-order valence-electron chi connectivity index (χ3n) is 5.32. The summed E-state index contributed by atoms with van der Waals surface area (Å²) in [5.74, 6) is -2.90. The molecule has 3 saturated heterocycles. The Morgan fingerprint density at radius 3 is 2.59 bits per heavy atom. The maximum absolute atomic E-state index is 12.6. The summed E-state index contributed by atoms with van der Waals surface area (Å²) in [6.45, 7) is 8.08. The molecule has 0 saturated carbocycles. The van der Waals surface area contributed by atoms with Gasteiger partial charge in [-0.25, -0.2) is 14.4 Å². The van der Waals surface area contributed by atoms with E-state index in [1.807, 2.05) is 26.8 Å². The fraction of sp³-hybridized carbons (Fsp3) is 0.722. The summed E-state index contributed by atoms with van der Waals surface area (Å²) in [7, 11) is 0. The summed E-state index contributed by atoms with van der Waals surface area (Å²) in [4.78, 5) is 52.6. The van der Waals surface area contributed by atoms with Gasteiger partial charge in [0.15, 0.2) is 6.10 Å². The number of fused-ring (bicyclic) bond motifs is 1. The Bertz CT molecular complexity index is 772. The van der Waals surface area contributed by atoms with Crippen molar-refractivity contribution in [3.05, 3.63) is 0 Å². The molecule has 29 heavy (non-hydrogen) atoms. The van der Waals surface area contributed by atoms with E-state index < -0.39 is 29.7 Å². The molecule has 3 amide bonds. The van der Waals surface area contributed by atoms with Crippen LogP contribution in [0, 0.1) is 11.3 Å². The number of esters is 2. The van der Waals surface area contributed by atoms with Gasteiger partial charge in [0.1, 0.15) is 6.07 Å². The predicted molar refractivity (Wildman–Crippen MR) is 96.9 cm³/mol. The molecule has 0 aromatic heterocycles. The van der Waals surface area contributed by atoms with E-state index in [1.165, 1.54) is 0 Å². The van der Waals surface area contributed by atoms with Crippen molar-refractivity contribution >= 4 is 23.9 Å². The average molecular weight is 407 g/mol. The highest BCUT2D eigenvalue weighted by Crippen LogP contribution is 2.36. The smallest absolute Gasteiger partial charge is 0.420 e. The lowest BCUT2D eigenvalue weighted by molar-refractivity contribution is -0.217. The summed E-state index contributed by atoms with van der Waals surface area (Å²) < 4.78 is 9.92. The first kappa shape index (κ1) is 20.9. The van der Waals surface area contributed by atoms with E-state index in [0.29, 0.717) is 26.2 Å². The van der Waals surface area contributed by atoms with Gasteiger partial charge in [0.05, 0.1) is 6.54 Å². The van der Waals surface area contributed by atoms with Gasteiger partial charge in [-0.15, -0.1) is 0 Å². The van der Waals surface area contributed by atoms with Gasteiger partial charge in [0.25, 0.3) is 0 Å². The van der Waals surface area contributed by atoms with Crippen molar-refractivity contribution in [1.82, 2.24) is 20.0 Å². The standard InChI is InChI=1S/C18H25N5O6/c1-17(2,3)23-9-8-21(16(23)27)7-5-20-10-13(24)22-6-4-12-18(22,11-19)29-15(26)14(25)28-12/h12,20H,4-10H2,1-3H3/t12?,18-/m0/s1. The molecule has 3 fully saturated rings. The second-order valence-electron chi connectivity index (χ2n) is 8.19. The lowest BCUT2D eigenvalue weighted by atomic mass is 10.1. The van der Waals surface area contributed by atoms with Crippen molar-refractivity contribution in [1.29, 1.82) is 5.26 Å². The summed E-state index contributed by atoms with van der Waals surface area (Å²) in [5.41, 5.74) is -2.16. The zero-order chi connectivity index (χ0) is 21.4. The van der Waals surface area contributed by atoms with Crippen molar-refractivity contribution in [2.24, 2.45) is 0 Å². The van der Waals surface area contributed by atoms with Crippen LogP contribution in [0.1, 0.15) is 27.2 Å². The van der Waals surface area contributed by atoms with E-state index in [9.17, 15) is 24.4 Å².